The predicted molar refractivity (Wildman–Crippen MR) is 62.0 cm³/mol. The average molecular weight is 267 g/mol. The number of nitrogens with two attached hydrogens (primary N) is 1. The van der Waals surface area contributed by atoms with E-state index < -0.39 is 0 Å². The summed E-state index contributed by atoms with van der Waals surface area (Å²) in [6, 6.07) is 11.6. The first kappa shape index (κ1) is 10.4. The molecule has 3 N–H and O–H groups in total. The third-order valence-electron chi connectivity index (χ3n) is 2.18. The van der Waals surface area contributed by atoms with Crippen molar-refractivity contribution in [2.45, 2.75) is 6.04 Å². The van der Waals surface area contributed by atoms with Crippen LogP contribution in [0.25, 0.3) is 0 Å². The standard InChI is InChI=1S/C11H11BrN2O/c12-9-4-1-3-8(7-9)11(14-13)10-5-2-6-15-10/h1-7,11,14H,13H2. The fraction of sp³-hybridized carbons (Fsp3) is 0.0909. The second-order valence-corrected chi connectivity index (χ2v) is 4.09. The van der Waals surface area contributed by atoms with Crippen LogP contribution in [0.15, 0.2) is 51.6 Å². The van der Waals surface area contributed by atoms with Crippen molar-refractivity contribution in [1.29, 1.82) is 0 Å². The van der Waals surface area contributed by atoms with Gasteiger partial charge in [0.15, 0.2) is 0 Å². The highest BCUT2D eigenvalue weighted by Gasteiger charge is 2.14. The zero-order chi connectivity index (χ0) is 10.7. The van der Waals surface area contributed by atoms with Crippen molar-refractivity contribution in [3.05, 3.63) is 58.5 Å². The first-order valence-corrected chi connectivity index (χ1v) is 5.35. The van der Waals surface area contributed by atoms with E-state index in [1.807, 2.05) is 36.4 Å². The Kier molecular flexibility index (Phi) is 3.20. The molecule has 1 unspecified atom stereocenters. The molecule has 4 heteroatoms. The minimum Gasteiger partial charge on any atom is -0.467 e. The molecule has 0 saturated heterocycles. The summed E-state index contributed by atoms with van der Waals surface area (Å²) >= 11 is 3.42. The molecule has 0 radical (unpaired) electrons. The van der Waals surface area contributed by atoms with E-state index in [2.05, 4.69) is 21.4 Å². The van der Waals surface area contributed by atoms with Crippen molar-refractivity contribution in [2.24, 2.45) is 5.84 Å². The Bertz CT molecular complexity index is 428. The minimum absolute atomic E-state index is 0.113. The van der Waals surface area contributed by atoms with Gasteiger partial charge in [-0.3, -0.25) is 5.84 Å². The highest BCUT2D eigenvalue weighted by molar-refractivity contribution is 9.10. The lowest BCUT2D eigenvalue weighted by atomic mass is 10.1. The van der Waals surface area contributed by atoms with E-state index in [-0.39, 0.29) is 6.04 Å². The van der Waals surface area contributed by atoms with Gasteiger partial charge in [0.2, 0.25) is 0 Å². The van der Waals surface area contributed by atoms with Gasteiger partial charge in [-0.05, 0) is 29.8 Å². The minimum atomic E-state index is -0.113. The summed E-state index contributed by atoms with van der Waals surface area (Å²) in [4.78, 5) is 0. The number of hydrogen-bond donors (Lipinski definition) is 2. The molecule has 0 aliphatic heterocycles. The second-order valence-electron chi connectivity index (χ2n) is 3.17. The SMILES string of the molecule is NNC(c1cccc(Br)c1)c1ccco1. The van der Waals surface area contributed by atoms with Gasteiger partial charge in [-0.25, -0.2) is 5.43 Å². The number of furan rings is 1. The van der Waals surface area contributed by atoms with Crippen LogP contribution in [0.1, 0.15) is 17.4 Å². The zero-order valence-electron chi connectivity index (χ0n) is 7.98. The number of hydrazine groups is 1. The van der Waals surface area contributed by atoms with E-state index in [4.69, 9.17) is 10.3 Å². The molecule has 0 aliphatic rings. The smallest absolute Gasteiger partial charge is 0.126 e. The van der Waals surface area contributed by atoms with Crippen molar-refractivity contribution in [2.75, 3.05) is 0 Å². The Hall–Kier alpha value is -1.10. The summed E-state index contributed by atoms with van der Waals surface area (Å²) in [5.74, 6) is 6.32. The summed E-state index contributed by atoms with van der Waals surface area (Å²) in [5.41, 5.74) is 3.79. The maximum absolute atomic E-state index is 5.52. The van der Waals surface area contributed by atoms with Gasteiger partial charge in [0, 0.05) is 4.47 Å². The van der Waals surface area contributed by atoms with Crippen LogP contribution >= 0.6 is 15.9 Å². The Morgan fingerprint density at radius 2 is 2.13 bits per heavy atom. The predicted octanol–water partition coefficient (Wildman–Crippen LogP) is 2.59. The van der Waals surface area contributed by atoms with Crippen molar-refractivity contribution in [1.82, 2.24) is 5.43 Å². The lowest BCUT2D eigenvalue weighted by molar-refractivity contribution is 0.452. The van der Waals surface area contributed by atoms with Gasteiger partial charge in [0.05, 0.1) is 6.26 Å². The van der Waals surface area contributed by atoms with Crippen molar-refractivity contribution in [3.63, 3.8) is 0 Å². The van der Waals surface area contributed by atoms with Gasteiger partial charge >= 0.3 is 0 Å². The first-order valence-electron chi connectivity index (χ1n) is 4.56. The molecule has 0 aliphatic carbocycles. The molecular formula is C11H11BrN2O. The van der Waals surface area contributed by atoms with Crippen molar-refractivity contribution >= 4 is 15.9 Å². The number of hydrogen-bond acceptors (Lipinski definition) is 3. The molecule has 15 heavy (non-hydrogen) atoms. The van der Waals surface area contributed by atoms with E-state index in [0.29, 0.717) is 0 Å². The lowest BCUT2D eigenvalue weighted by Gasteiger charge is -2.13. The molecule has 0 fully saturated rings. The fourth-order valence-corrected chi connectivity index (χ4v) is 1.90. The molecule has 2 rings (SSSR count). The van der Waals surface area contributed by atoms with E-state index in [0.717, 1.165) is 15.8 Å². The van der Waals surface area contributed by atoms with Crippen LogP contribution in [0, 0.1) is 0 Å². The van der Waals surface area contributed by atoms with Crippen LogP contribution in [0.2, 0.25) is 0 Å². The van der Waals surface area contributed by atoms with Gasteiger partial charge in [0.1, 0.15) is 11.8 Å². The van der Waals surface area contributed by atoms with Crippen LogP contribution < -0.4 is 11.3 Å². The highest BCUT2D eigenvalue weighted by Crippen LogP contribution is 2.23. The molecule has 1 aromatic heterocycles. The lowest BCUT2D eigenvalue weighted by Crippen LogP contribution is -2.28. The normalized spacial score (nSPS) is 12.7. The topological polar surface area (TPSA) is 51.2 Å². The van der Waals surface area contributed by atoms with E-state index in [1.54, 1.807) is 6.26 Å². The van der Waals surface area contributed by atoms with Gasteiger partial charge in [-0.15, -0.1) is 0 Å². The fourth-order valence-electron chi connectivity index (χ4n) is 1.48. The van der Waals surface area contributed by atoms with Gasteiger partial charge in [-0.1, -0.05) is 28.1 Å². The van der Waals surface area contributed by atoms with Gasteiger partial charge in [0.25, 0.3) is 0 Å². The Labute approximate surface area is 96.4 Å². The molecule has 1 heterocycles. The quantitative estimate of drug-likeness (QED) is 0.663. The van der Waals surface area contributed by atoms with Crippen LogP contribution in [-0.4, -0.2) is 0 Å². The Morgan fingerprint density at radius 1 is 1.27 bits per heavy atom. The maximum atomic E-state index is 5.52. The molecule has 3 nitrogen and oxygen atoms in total. The molecule has 1 aromatic carbocycles. The van der Waals surface area contributed by atoms with E-state index in [9.17, 15) is 0 Å². The summed E-state index contributed by atoms with van der Waals surface area (Å²) in [6.45, 7) is 0. The van der Waals surface area contributed by atoms with Crippen LogP contribution in [0.4, 0.5) is 0 Å². The van der Waals surface area contributed by atoms with Gasteiger partial charge < -0.3 is 4.42 Å². The molecule has 0 saturated carbocycles. The molecule has 0 spiro atoms. The first-order chi connectivity index (χ1) is 7.31. The maximum Gasteiger partial charge on any atom is 0.126 e. The Balaban J connectivity index is 2.35. The third-order valence-corrected chi connectivity index (χ3v) is 2.67. The van der Waals surface area contributed by atoms with E-state index >= 15 is 0 Å². The largest absolute Gasteiger partial charge is 0.467 e. The van der Waals surface area contributed by atoms with Gasteiger partial charge in [-0.2, -0.15) is 0 Å². The number of benzene rings is 1. The number of halogens is 1. The molecular weight excluding hydrogens is 256 g/mol. The molecule has 0 bridgehead atoms. The third kappa shape index (κ3) is 2.28. The summed E-state index contributed by atoms with van der Waals surface area (Å²) in [7, 11) is 0. The van der Waals surface area contributed by atoms with Crippen LogP contribution in [0.5, 0.6) is 0 Å². The molecule has 78 valence electrons. The molecule has 2 aromatic rings. The Morgan fingerprint density at radius 3 is 2.73 bits per heavy atom. The van der Waals surface area contributed by atoms with E-state index in [1.165, 1.54) is 0 Å². The van der Waals surface area contributed by atoms with Crippen molar-refractivity contribution < 1.29 is 4.42 Å². The summed E-state index contributed by atoms with van der Waals surface area (Å²) < 4.78 is 6.34. The van der Waals surface area contributed by atoms with Crippen molar-refractivity contribution in [3.8, 4) is 0 Å². The second kappa shape index (κ2) is 4.61. The van der Waals surface area contributed by atoms with Crippen LogP contribution in [0.3, 0.4) is 0 Å². The number of rotatable bonds is 3. The monoisotopic (exact) mass is 266 g/mol. The zero-order valence-corrected chi connectivity index (χ0v) is 9.57. The average Bonchev–Trinajstić information content (AvgIpc) is 2.72. The summed E-state index contributed by atoms with van der Waals surface area (Å²) in [6.07, 6.45) is 1.64. The summed E-state index contributed by atoms with van der Waals surface area (Å²) in [5, 5.41) is 0. The highest BCUT2D eigenvalue weighted by atomic mass is 79.9. The number of nitrogens with one attached hydrogen (secondary N) is 1. The molecule has 1 atom stereocenters. The van der Waals surface area contributed by atoms with Crippen LogP contribution in [-0.2, 0) is 0 Å². The molecule has 0 amide bonds.